The number of rotatable bonds is 2. The summed E-state index contributed by atoms with van der Waals surface area (Å²) in [6, 6.07) is 7.16. The fourth-order valence-electron chi connectivity index (χ4n) is 0.993. The molecule has 1 rings (SSSR count). The van der Waals surface area contributed by atoms with Crippen molar-refractivity contribution in [3.8, 4) is 0 Å². The zero-order valence-electron chi connectivity index (χ0n) is 7.32. The molecule has 0 fully saturated rings. The normalized spacial score (nSPS) is 10.2. The number of hydrogen-bond donors (Lipinski definition) is 2. The number of carbonyl (C=O) groups is 1. The lowest BCUT2D eigenvalue weighted by atomic mass is 10.2. The van der Waals surface area contributed by atoms with E-state index in [4.69, 9.17) is 5.11 Å². The molecule has 0 bridgehead atoms. The monoisotopic (exact) mass is 177 g/mol. The van der Waals surface area contributed by atoms with Gasteiger partial charge in [0.25, 0.3) is 0 Å². The standard InChI is InChI=1S/C10H11NO2/c1-2-3-8-4-6-9(7-5-8)11-10(12)13/h2-7,11H,1H3,(H,12,13). The van der Waals surface area contributed by atoms with Crippen LogP contribution in [0.5, 0.6) is 0 Å². The van der Waals surface area contributed by atoms with Gasteiger partial charge in [0, 0.05) is 5.69 Å². The van der Waals surface area contributed by atoms with Crippen LogP contribution >= 0.6 is 0 Å². The topological polar surface area (TPSA) is 49.3 Å². The molecule has 1 aromatic carbocycles. The first-order valence-electron chi connectivity index (χ1n) is 3.95. The number of benzene rings is 1. The highest BCUT2D eigenvalue weighted by Crippen LogP contribution is 2.10. The maximum atomic E-state index is 10.3. The van der Waals surface area contributed by atoms with Crippen LogP contribution in [-0.2, 0) is 0 Å². The van der Waals surface area contributed by atoms with E-state index in [0.717, 1.165) is 5.56 Å². The van der Waals surface area contributed by atoms with Crippen LogP contribution in [0.25, 0.3) is 6.08 Å². The molecule has 13 heavy (non-hydrogen) atoms. The SMILES string of the molecule is CC=Cc1ccc(NC(=O)O)cc1. The van der Waals surface area contributed by atoms with Crippen LogP contribution in [0.2, 0.25) is 0 Å². The highest BCUT2D eigenvalue weighted by molar-refractivity contribution is 5.82. The minimum absolute atomic E-state index is 0.584. The molecule has 0 saturated heterocycles. The molecule has 0 heterocycles. The van der Waals surface area contributed by atoms with Gasteiger partial charge in [-0.05, 0) is 24.6 Å². The summed E-state index contributed by atoms with van der Waals surface area (Å²) in [4.78, 5) is 10.3. The zero-order chi connectivity index (χ0) is 9.68. The van der Waals surface area contributed by atoms with Crippen LogP contribution in [0, 0.1) is 0 Å². The molecule has 0 aliphatic carbocycles. The van der Waals surface area contributed by atoms with Crippen molar-refractivity contribution in [2.75, 3.05) is 5.32 Å². The molecular weight excluding hydrogens is 166 g/mol. The molecule has 1 amide bonds. The van der Waals surface area contributed by atoms with Crippen molar-refractivity contribution in [3.05, 3.63) is 35.9 Å². The summed E-state index contributed by atoms with van der Waals surface area (Å²) < 4.78 is 0. The Morgan fingerprint density at radius 1 is 1.38 bits per heavy atom. The minimum Gasteiger partial charge on any atom is -0.465 e. The molecule has 0 atom stereocenters. The maximum Gasteiger partial charge on any atom is 0.409 e. The number of carboxylic acid groups (broad SMARTS) is 1. The first-order chi connectivity index (χ1) is 6.22. The van der Waals surface area contributed by atoms with E-state index in [1.165, 1.54) is 0 Å². The summed E-state index contributed by atoms with van der Waals surface area (Å²) in [7, 11) is 0. The van der Waals surface area contributed by atoms with E-state index >= 15 is 0 Å². The maximum absolute atomic E-state index is 10.3. The molecule has 0 aliphatic heterocycles. The van der Waals surface area contributed by atoms with Crippen LogP contribution in [0.4, 0.5) is 10.5 Å². The van der Waals surface area contributed by atoms with Crippen molar-refractivity contribution in [1.29, 1.82) is 0 Å². The third kappa shape index (κ3) is 2.99. The van der Waals surface area contributed by atoms with Gasteiger partial charge in [-0.3, -0.25) is 5.32 Å². The number of amides is 1. The lowest BCUT2D eigenvalue weighted by Crippen LogP contribution is -2.06. The van der Waals surface area contributed by atoms with Gasteiger partial charge in [-0.2, -0.15) is 0 Å². The summed E-state index contributed by atoms with van der Waals surface area (Å²) in [5, 5.41) is 10.7. The Morgan fingerprint density at radius 2 is 2.00 bits per heavy atom. The second kappa shape index (κ2) is 4.30. The van der Waals surface area contributed by atoms with Crippen LogP contribution in [-0.4, -0.2) is 11.2 Å². The van der Waals surface area contributed by atoms with E-state index in [2.05, 4.69) is 5.32 Å². The van der Waals surface area contributed by atoms with Crippen LogP contribution < -0.4 is 5.32 Å². The van der Waals surface area contributed by atoms with Crippen molar-refractivity contribution < 1.29 is 9.90 Å². The summed E-state index contributed by atoms with van der Waals surface area (Å²) in [6.07, 6.45) is 2.84. The predicted octanol–water partition coefficient (Wildman–Crippen LogP) is 2.81. The molecule has 1 aromatic rings. The first-order valence-corrected chi connectivity index (χ1v) is 3.95. The van der Waals surface area contributed by atoms with Crippen molar-refractivity contribution >= 4 is 17.9 Å². The molecule has 0 aromatic heterocycles. The van der Waals surface area contributed by atoms with E-state index in [1.807, 2.05) is 31.2 Å². The fourth-order valence-corrected chi connectivity index (χ4v) is 0.993. The van der Waals surface area contributed by atoms with Crippen molar-refractivity contribution in [2.24, 2.45) is 0 Å². The summed E-state index contributed by atoms with van der Waals surface area (Å²) in [5.74, 6) is 0. The average molecular weight is 177 g/mol. The molecule has 0 radical (unpaired) electrons. The molecule has 0 spiro atoms. The quantitative estimate of drug-likeness (QED) is 0.729. The van der Waals surface area contributed by atoms with Gasteiger partial charge < -0.3 is 5.11 Å². The average Bonchev–Trinajstić information content (AvgIpc) is 2.08. The van der Waals surface area contributed by atoms with E-state index in [0.29, 0.717) is 5.69 Å². The number of nitrogens with one attached hydrogen (secondary N) is 1. The second-order valence-electron chi connectivity index (χ2n) is 2.55. The highest BCUT2D eigenvalue weighted by Gasteiger charge is 1.95. The van der Waals surface area contributed by atoms with E-state index in [9.17, 15) is 4.79 Å². The van der Waals surface area contributed by atoms with E-state index in [1.54, 1.807) is 12.1 Å². The summed E-state index contributed by atoms with van der Waals surface area (Å²) in [6.45, 7) is 1.93. The number of allylic oxidation sites excluding steroid dienone is 1. The Bertz CT molecular complexity index is 314. The Labute approximate surface area is 76.7 Å². The van der Waals surface area contributed by atoms with Gasteiger partial charge in [0.2, 0.25) is 0 Å². The lowest BCUT2D eigenvalue weighted by molar-refractivity contribution is 0.210. The predicted molar refractivity (Wildman–Crippen MR) is 52.8 cm³/mol. The third-order valence-corrected chi connectivity index (χ3v) is 1.52. The van der Waals surface area contributed by atoms with Gasteiger partial charge in [-0.15, -0.1) is 0 Å². The van der Waals surface area contributed by atoms with E-state index in [-0.39, 0.29) is 0 Å². The summed E-state index contributed by atoms with van der Waals surface area (Å²) in [5.41, 5.74) is 1.64. The van der Waals surface area contributed by atoms with Crippen molar-refractivity contribution in [2.45, 2.75) is 6.92 Å². The third-order valence-electron chi connectivity index (χ3n) is 1.52. The Kier molecular flexibility index (Phi) is 3.09. The second-order valence-corrected chi connectivity index (χ2v) is 2.55. The highest BCUT2D eigenvalue weighted by atomic mass is 16.4. The zero-order valence-corrected chi connectivity index (χ0v) is 7.32. The molecule has 0 aliphatic rings. The molecule has 3 heteroatoms. The Balaban J connectivity index is 2.75. The molecule has 0 unspecified atom stereocenters. The van der Waals surface area contributed by atoms with Crippen LogP contribution in [0.3, 0.4) is 0 Å². The Morgan fingerprint density at radius 3 is 2.46 bits per heavy atom. The van der Waals surface area contributed by atoms with E-state index < -0.39 is 6.09 Å². The minimum atomic E-state index is -1.04. The van der Waals surface area contributed by atoms with Crippen LogP contribution in [0.15, 0.2) is 30.3 Å². The molecule has 2 N–H and O–H groups in total. The molecule has 68 valence electrons. The fraction of sp³-hybridized carbons (Fsp3) is 0.100. The van der Waals surface area contributed by atoms with Gasteiger partial charge in [0.15, 0.2) is 0 Å². The first kappa shape index (κ1) is 9.32. The number of hydrogen-bond acceptors (Lipinski definition) is 1. The van der Waals surface area contributed by atoms with Gasteiger partial charge >= 0.3 is 6.09 Å². The van der Waals surface area contributed by atoms with Crippen LogP contribution in [0.1, 0.15) is 12.5 Å². The molecule has 3 nitrogen and oxygen atoms in total. The smallest absolute Gasteiger partial charge is 0.409 e. The summed E-state index contributed by atoms with van der Waals surface area (Å²) >= 11 is 0. The van der Waals surface area contributed by atoms with Gasteiger partial charge in [-0.1, -0.05) is 24.3 Å². The van der Waals surface area contributed by atoms with Gasteiger partial charge in [0.05, 0.1) is 0 Å². The van der Waals surface area contributed by atoms with Gasteiger partial charge in [0.1, 0.15) is 0 Å². The van der Waals surface area contributed by atoms with Crippen molar-refractivity contribution in [3.63, 3.8) is 0 Å². The largest absolute Gasteiger partial charge is 0.465 e. The number of anilines is 1. The lowest BCUT2D eigenvalue weighted by Gasteiger charge is -1.99. The van der Waals surface area contributed by atoms with Gasteiger partial charge in [-0.25, -0.2) is 4.79 Å². The van der Waals surface area contributed by atoms with Crippen molar-refractivity contribution in [1.82, 2.24) is 0 Å². The molecule has 0 saturated carbocycles. The molecular formula is C10H11NO2. The Hall–Kier alpha value is -1.77.